The number of hydrogen-bond acceptors (Lipinski definition) is 4. The number of ether oxygens (including phenoxy) is 1. The quantitative estimate of drug-likeness (QED) is 0.772. The van der Waals surface area contributed by atoms with Gasteiger partial charge in [-0.25, -0.2) is 4.79 Å². The number of nitrogens with one attached hydrogen (secondary N) is 1. The highest BCUT2D eigenvalue weighted by molar-refractivity contribution is 7.99. The minimum absolute atomic E-state index is 0.219. The van der Waals surface area contributed by atoms with E-state index in [-0.39, 0.29) is 17.9 Å². The summed E-state index contributed by atoms with van der Waals surface area (Å²) >= 11 is 1.68. The normalized spacial score (nSPS) is 17.4. The van der Waals surface area contributed by atoms with Crippen molar-refractivity contribution in [2.75, 3.05) is 31.3 Å². The van der Waals surface area contributed by atoms with Crippen LogP contribution in [0.3, 0.4) is 0 Å². The number of hydrogen-bond donors (Lipinski definition) is 2. The van der Waals surface area contributed by atoms with Crippen LogP contribution in [0, 0.1) is 5.92 Å². The predicted molar refractivity (Wildman–Crippen MR) is 96.5 cm³/mol. The van der Waals surface area contributed by atoms with Crippen LogP contribution in [0.2, 0.25) is 0 Å². The minimum Gasteiger partial charge on any atom is -0.495 e. The molecule has 1 aromatic carbocycles. The predicted octanol–water partition coefficient (Wildman–Crippen LogP) is 2.93. The van der Waals surface area contributed by atoms with Crippen LogP contribution in [0.5, 0.6) is 5.75 Å². The lowest BCUT2D eigenvalue weighted by Crippen LogP contribution is -2.45. The van der Waals surface area contributed by atoms with Crippen LogP contribution in [0.15, 0.2) is 23.1 Å². The van der Waals surface area contributed by atoms with E-state index in [1.54, 1.807) is 23.8 Å². The van der Waals surface area contributed by atoms with E-state index in [1.807, 2.05) is 18.2 Å². The molecule has 1 fully saturated rings. The molecule has 7 heteroatoms. The second-order valence-electron chi connectivity index (χ2n) is 5.80. The molecule has 1 atom stereocenters. The van der Waals surface area contributed by atoms with Crippen LogP contribution in [0.4, 0.5) is 10.5 Å². The number of thioether (sulfide) groups is 1. The van der Waals surface area contributed by atoms with Gasteiger partial charge in [-0.05, 0) is 37.1 Å². The zero-order chi connectivity index (χ0) is 17.5. The zero-order valence-corrected chi connectivity index (χ0v) is 15.0. The van der Waals surface area contributed by atoms with Crippen molar-refractivity contribution in [3.63, 3.8) is 0 Å². The number of rotatable bonds is 6. The molecule has 24 heavy (non-hydrogen) atoms. The molecule has 132 valence electrons. The van der Waals surface area contributed by atoms with Crippen LogP contribution in [-0.2, 0) is 4.79 Å². The fourth-order valence-electron chi connectivity index (χ4n) is 2.72. The van der Waals surface area contributed by atoms with Gasteiger partial charge >= 0.3 is 6.03 Å². The lowest BCUT2D eigenvalue weighted by atomic mass is 9.98. The zero-order valence-electron chi connectivity index (χ0n) is 14.2. The summed E-state index contributed by atoms with van der Waals surface area (Å²) in [6.45, 7) is 3.11. The molecule has 0 spiro atoms. The van der Waals surface area contributed by atoms with E-state index in [0.717, 1.165) is 29.9 Å². The summed E-state index contributed by atoms with van der Waals surface area (Å²) in [4.78, 5) is 26.7. The summed E-state index contributed by atoms with van der Waals surface area (Å²) < 4.78 is 5.39. The first-order chi connectivity index (χ1) is 11.6. The minimum atomic E-state index is -0.344. The van der Waals surface area contributed by atoms with Crippen LogP contribution >= 0.6 is 11.8 Å². The number of amides is 3. The number of piperidine rings is 1. The first kappa shape index (κ1) is 18.4. The van der Waals surface area contributed by atoms with Crippen molar-refractivity contribution in [1.82, 2.24) is 4.90 Å². The van der Waals surface area contributed by atoms with Crippen LogP contribution in [0.1, 0.15) is 26.2 Å². The highest BCUT2D eigenvalue weighted by Crippen LogP contribution is 2.36. The van der Waals surface area contributed by atoms with Crippen molar-refractivity contribution >= 4 is 29.4 Å². The van der Waals surface area contributed by atoms with Gasteiger partial charge in [0.1, 0.15) is 5.75 Å². The summed E-state index contributed by atoms with van der Waals surface area (Å²) in [6, 6.07) is 5.49. The average Bonchev–Trinajstić information content (AvgIpc) is 2.60. The van der Waals surface area contributed by atoms with Gasteiger partial charge in [0.15, 0.2) is 0 Å². The molecular weight excluding hydrogens is 326 g/mol. The number of carbonyl (C=O) groups excluding carboxylic acids is 2. The molecule has 1 heterocycles. The van der Waals surface area contributed by atoms with Gasteiger partial charge in [0.05, 0.1) is 18.7 Å². The Hall–Kier alpha value is -1.89. The molecule has 0 radical (unpaired) electrons. The lowest BCUT2D eigenvalue weighted by Gasteiger charge is -2.31. The number of anilines is 1. The van der Waals surface area contributed by atoms with Crippen molar-refractivity contribution in [2.24, 2.45) is 11.7 Å². The maximum absolute atomic E-state index is 12.6. The molecule has 1 saturated heterocycles. The van der Waals surface area contributed by atoms with Crippen molar-refractivity contribution < 1.29 is 14.3 Å². The number of nitrogens with zero attached hydrogens (tertiary/aromatic N) is 1. The Morgan fingerprint density at radius 3 is 2.92 bits per heavy atom. The Morgan fingerprint density at radius 2 is 2.25 bits per heavy atom. The second-order valence-corrected chi connectivity index (χ2v) is 6.94. The molecule has 3 amide bonds. The fraction of sp³-hybridized carbons (Fsp3) is 0.529. The molecule has 0 bridgehead atoms. The highest BCUT2D eigenvalue weighted by atomic mass is 32.2. The molecule has 0 saturated carbocycles. The number of nitrogens with two attached hydrogens (primary N) is 1. The van der Waals surface area contributed by atoms with Gasteiger partial charge in [0.25, 0.3) is 0 Å². The molecule has 1 aliphatic heterocycles. The number of primary amides is 1. The van der Waals surface area contributed by atoms with E-state index in [4.69, 9.17) is 10.5 Å². The third-order valence-electron chi connectivity index (χ3n) is 4.01. The van der Waals surface area contributed by atoms with E-state index in [2.05, 4.69) is 12.2 Å². The molecule has 0 aliphatic carbocycles. The number of methoxy groups -OCH3 is 1. The maximum Gasteiger partial charge on any atom is 0.322 e. The van der Waals surface area contributed by atoms with Gasteiger partial charge in [-0.3, -0.25) is 4.79 Å². The lowest BCUT2D eigenvalue weighted by molar-refractivity contribution is -0.123. The standard InChI is InChI=1S/C17H25N3O3S/c1-3-10-24-14-8-4-7-13(23-2)15(14)19-17(22)20-9-5-6-12(11-20)16(18)21/h4,7-8,12H,3,5-6,9-11H2,1-2H3,(H2,18,21)(H,19,22)/t12-/m0/s1. The summed E-state index contributed by atoms with van der Waals surface area (Å²) in [7, 11) is 1.59. The number of likely N-dealkylation sites (tertiary alicyclic amines) is 1. The summed E-state index contributed by atoms with van der Waals surface area (Å²) in [5.74, 6) is 0.983. The Kier molecular flexibility index (Phi) is 6.78. The summed E-state index contributed by atoms with van der Waals surface area (Å²) in [5, 5.41) is 2.96. The van der Waals surface area contributed by atoms with Crippen LogP contribution in [0.25, 0.3) is 0 Å². The third kappa shape index (κ3) is 4.56. The van der Waals surface area contributed by atoms with Crippen molar-refractivity contribution in [2.45, 2.75) is 31.1 Å². The number of carbonyl (C=O) groups is 2. The van der Waals surface area contributed by atoms with Crippen molar-refractivity contribution in [1.29, 1.82) is 0 Å². The van der Waals surface area contributed by atoms with Gasteiger partial charge < -0.3 is 20.7 Å². The van der Waals surface area contributed by atoms with E-state index in [1.165, 1.54) is 0 Å². The van der Waals surface area contributed by atoms with Crippen LogP contribution < -0.4 is 15.8 Å². The molecule has 1 aliphatic rings. The first-order valence-corrected chi connectivity index (χ1v) is 9.20. The highest BCUT2D eigenvalue weighted by Gasteiger charge is 2.27. The SMILES string of the molecule is CCCSc1cccc(OC)c1NC(=O)N1CCC[C@H](C(N)=O)C1. The Morgan fingerprint density at radius 1 is 1.46 bits per heavy atom. The molecule has 2 rings (SSSR count). The van der Waals surface area contributed by atoms with E-state index < -0.39 is 0 Å². The average molecular weight is 351 g/mol. The Labute approximate surface area is 147 Å². The third-order valence-corrected chi connectivity index (χ3v) is 5.28. The van der Waals surface area contributed by atoms with Gasteiger partial charge in [0.2, 0.25) is 5.91 Å². The number of urea groups is 1. The van der Waals surface area contributed by atoms with Crippen molar-refractivity contribution in [3.05, 3.63) is 18.2 Å². The maximum atomic E-state index is 12.6. The van der Waals surface area contributed by atoms with Gasteiger partial charge in [0, 0.05) is 18.0 Å². The Balaban J connectivity index is 2.14. The van der Waals surface area contributed by atoms with Crippen LogP contribution in [-0.4, -0.2) is 42.8 Å². The van der Waals surface area contributed by atoms with Gasteiger partial charge in [-0.1, -0.05) is 13.0 Å². The monoisotopic (exact) mass is 351 g/mol. The van der Waals surface area contributed by atoms with Gasteiger partial charge in [-0.15, -0.1) is 11.8 Å². The van der Waals surface area contributed by atoms with E-state index >= 15 is 0 Å². The smallest absolute Gasteiger partial charge is 0.322 e. The van der Waals surface area contributed by atoms with Gasteiger partial charge in [-0.2, -0.15) is 0 Å². The molecule has 1 aromatic rings. The summed E-state index contributed by atoms with van der Waals surface area (Å²) in [6.07, 6.45) is 2.57. The second kappa shape index (κ2) is 8.82. The summed E-state index contributed by atoms with van der Waals surface area (Å²) in [5.41, 5.74) is 6.07. The number of para-hydroxylation sites is 1. The van der Waals surface area contributed by atoms with E-state index in [0.29, 0.717) is 24.5 Å². The first-order valence-electron chi connectivity index (χ1n) is 8.21. The topological polar surface area (TPSA) is 84.7 Å². The number of benzene rings is 1. The molecule has 0 unspecified atom stereocenters. The fourth-order valence-corrected chi connectivity index (χ4v) is 3.61. The Bertz CT molecular complexity index is 594. The molecule has 6 nitrogen and oxygen atoms in total. The largest absolute Gasteiger partial charge is 0.495 e. The molecule has 3 N–H and O–H groups in total. The van der Waals surface area contributed by atoms with E-state index in [9.17, 15) is 9.59 Å². The molecular formula is C17H25N3O3S. The molecule has 0 aromatic heterocycles. The van der Waals surface area contributed by atoms with Crippen molar-refractivity contribution in [3.8, 4) is 5.75 Å².